The van der Waals surface area contributed by atoms with Gasteiger partial charge in [-0.15, -0.1) is 0 Å². The lowest BCUT2D eigenvalue weighted by Gasteiger charge is -2.35. The second kappa shape index (κ2) is 10.8. The highest BCUT2D eigenvalue weighted by Gasteiger charge is 2.29. The average molecular weight is 474 g/mol. The summed E-state index contributed by atoms with van der Waals surface area (Å²) < 4.78 is 5.06. The van der Waals surface area contributed by atoms with Crippen LogP contribution in [-0.2, 0) is 24.2 Å². The third kappa shape index (κ3) is 5.57. The van der Waals surface area contributed by atoms with E-state index in [4.69, 9.17) is 9.72 Å². The van der Waals surface area contributed by atoms with Gasteiger partial charge in [0.25, 0.3) is 0 Å². The lowest BCUT2D eigenvalue weighted by molar-refractivity contribution is 0.0526. The lowest BCUT2D eigenvalue weighted by Crippen LogP contribution is -2.32. The van der Waals surface area contributed by atoms with Crippen molar-refractivity contribution in [2.24, 2.45) is 0 Å². The van der Waals surface area contributed by atoms with Gasteiger partial charge in [-0.3, -0.25) is 14.9 Å². The van der Waals surface area contributed by atoms with E-state index in [0.717, 1.165) is 41.8 Å². The number of pyridine rings is 2. The Morgan fingerprint density at radius 3 is 2.71 bits per heavy atom. The predicted octanol–water partition coefficient (Wildman–Crippen LogP) is 5.05. The Morgan fingerprint density at radius 1 is 1.14 bits per heavy atom. The Balaban J connectivity index is 1.73. The number of nitrogens with zero attached hydrogens (tertiary/aromatic N) is 3. The Bertz CT molecular complexity index is 1240. The fourth-order valence-corrected chi connectivity index (χ4v) is 4.79. The van der Waals surface area contributed by atoms with Gasteiger partial charge in [0, 0.05) is 25.5 Å². The van der Waals surface area contributed by atoms with Crippen molar-refractivity contribution in [1.82, 2.24) is 14.9 Å². The highest BCUT2D eigenvalue weighted by Crippen LogP contribution is 2.35. The number of rotatable bonds is 8. The Labute approximate surface area is 205 Å². The second-order valence-electron chi connectivity index (χ2n) is 9.03. The standard InChI is InChI=1S/C28H31N3O4/c1-4-35-28(34)21-10-11-22(23(14-21)27(32)33)16-31(17-24-19(3)13-18(2)15-30-24)25-9-5-7-20-8-6-12-29-26(20)25/h6,8,10-15,25H,4-5,7,9,16-17H2,1-3H3,(H,32,33). The quantitative estimate of drug-likeness (QED) is 0.458. The molecule has 1 atom stereocenters. The fourth-order valence-electron chi connectivity index (χ4n) is 4.79. The molecule has 1 aromatic carbocycles. The minimum absolute atomic E-state index is 0.0360. The number of carboxylic acid groups (broad SMARTS) is 1. The molecule has 1 aliphatic carbocycles. The molecule has 0 bridgehead atoms. The zero-order chi connectivity index (χ0) is 24.9. The van der Waals surface area contributed by atoms with Crippen LogP contribution in [0.2, 0.25) is 0 Å². The number of esters is 1. The summed E-state index contributed by atoms with van der Waals surface area (Å²) in [4.78, 5) is 36.0. The van der Waals surface area contributed by atoms with Crippen molar-refractivity contribution in [2.75, 3.05) is 6.61 Å². The van der Waals surface area contributed by atoms with Crippen molar-refractivity contribution in [3.63, 3.8) is 0 Å². The van der Waals surface area contributed by atoms with Crippen molar-refractivity contribution < 1.29 is 19.4 Å². The molecule has 0 fully saturated rings. The van der Waals surface area contributed by atoms with E-state index in [1.54, 1.807) is 19.1 Å². The summed E-state index contributed by atoms with van der Waals surface area (Å²) in [6.07, 6.45) is 6.64. The van der Waals surface area contributed by atoms with Gasteiger partial charge in [-0.05, 0) is 80.5 Å². The van der Waals surface area contributed by atoms with Crippen LogP contribution >= 0.6 is 0 Å². The zero-order valence-electron chi connectivity index (χ0n) is 20.5. The first-order valence-electron chi connectivity index (χ1n) is 12.0. The second-order valence-corrected chi connectivity index (χ2v) is 9.03. The van der Waals surface area contributed by atoms with Gasteiger partial charge in [0.2, 0.25) is 0 Å². The van der Waals surface area contributed by atoms with Crippen molar-refractivity contribution in [3.05, 3.63) is 93.6 Å². The van der Waals surface area contributed by atoms with Crippen molar-refractivity contribution >= 4 is 11.9 Å². The van der Waals surface area contributed by atoms with Crippen LogP contribution in [0.4, 0.5) is 0 Å². The third-order valence-electron chi connectivity index (χ3n) is 6.51. The Morgan fingerprint density at radius 2 is 1.97 bits per heavy atom. The monoisotopic (exact) mass is 473 g/mol. The molecule has 1 N–H and O–H groups in total. The van der Waals surface area contributed by atoms with E-state index in [9.17, 15) is 14.7 Å². The summed E-state index contributed by atoms with van der Waals surface area (Å²) in [5, 5.41) is 9.95. The minimum Gasteiger partial charge on any atom is -0.478 e. The van der Waals surface area contributed by atoms with Crippen molar-refractivity contribution in [3.8, 4) is 0 Å². The number of aryl methyl sites for hydroxylation is 3. The summed E-state index contributed by atoms with van der Waals surface area (Å²) in [5.74, 6) is -1.60. The molecule has 0 aliphatic heterocycles. The van der Waals surface area contributed by atoms with E-state index in [0.29, 0.717) is 18.7 Å². The topological polar surface area (TPSA) is 92.6 Å². The van der Waals surface area contributed by atoms with E-state index >= 15 is 0 Å². The van der Waals surface area contributed by atoms with Gasteiger partial charge in [0.1, 0.15) is 0 Å². The smallest absolute Gasteiger partial charge is 0.338 e. The molecule has 3 aromatic rings. The molecule has 4 rings (SSSR count). The first kappa shape index (κ1) is 24.5. The van der Waals surface area contributed by atoms with Crippen LogP contribution in [0.25, 0.3) is 0 Å². The summed E-state index contributed by atoms with van der Waals surface area (Å²) in [5.41, 5.74) is 6.42. The number of hydrogen-bond acceptors (Lipinski definition) is 6. The van der Waals surface area contributed by atoms with E-state index in [-0.39, 0.29) is 23.8 Å². The number of aromatic nitrogens is 2. The molecule has 7 nitrogen and oxygen atoms in total. The summed E-state index contributed by atoms with van der Waals surface area (Å²) in [7, 11) is 0. The molecule has 2 heterocycles. The van der Waals surface area contributed by atoms with Gasteiger partial charge in [-0.2, -0.15) is 0 Å². The molecular formula is C28H31N3O4. The van der Waals surface area contributed by atoms with Crippen LogP contribution < -0.4 is 0 Å². The minimum atomic E-state index is -1.07. The molecule has 2 aromatic heterocycles. The average Bonchev–Trinajstić information content (AvgIpc) is 2.85. The van der Waals surface area contributed by atoms with Crippen LogP contribution in [0.15, 0.2) is 48.8 Å². The van der Waals surface area contributed by atoms with Crippen LogP contribution in [0.3, 0.4) is 0 Å². The van der Waals surface area contributed by atoms with Gasteiger partial charge in [0.15, 0.2) is 0 Å². The summed E-state index contributed by atoms with van der Waals surface area (Å²) in [6, 6.07) is 11.0. The summed E-state index contributed by atoms with van der Waals surface area (Å²) in [6.45, 7) is 6.98. The molecule has 0 saturated carbocycles. The molecule has 182 valence electrons. The van der Waals surface area contributed by atoms with Crippen LogP contribution in [0.5, 0.6) is 0 Å². The normalized spacial score (nSPS) is 15.0. The maximum atomic E-state index is 12.2. The van der Waals surface area contributed by atoms with Crippen LogP contribution in [0.1, 0.15) is 80.2 Å². The van der Waals surface area contributed by atoms with Crippen LogP contribution in [-0.4, -0.2) is 38.5 Å². The summed E-state index contributed by atoms with van der Waals surface area (Å²) >= 11 is 0. The number of fused-ring (bicyclic) bond motifs is 1. The number of carbonyl (C=O) groups excluding carboxylic acids is 1. The SMILES string of the molecule is CCOC(=O)c1ccc(CN(Cc2ncc(C)cc2C)C2CCCc3cccnc32)c(C(=O)O)c1. The predicted molar refractivity (Wildman–Crippen MR) is 132 cm³/mol. The third-order valence-corrected chi connectivity index (χ3v) is 6.51. The number of hydrogen-bond donors (Lipinski definition) is 1. The zero-order valence-corrected chi connectivity index (χ0v) is 20.5. The number of carbonyl (C=O) groups is 2. The first-order chi connectivity index (χ1) is 16.9. The highest BCUT2D eigenvalue weighted by atomic mass is 16.5. The molecule has 0 amide bonds. The molecule has 0 radical (unpaired) electrons. The first-order valence-corrected chi connectivity index (χ1v) is 12.0. The maximum absolute atomic E-state index is 12.2. The van der Waals surface area contributed by atoms with Gasteiger partial charge >= 0.3 is 11.9 Å². The molecule has 7 heteroatoms. The van der Waals surface area contributed by atoms with Gasteiger partial charge in [-0.25, -0.2) is 9.59 Å². The number of ether oxygens (including phenoxy) is 1. The maximum Gasteiger partial charge on any atom is 0.338 e. The highest BCUT2D eigenvalue weighted by molar-refractivity contribution is 5.95. The molecule has 0 spiro atoms. The van der Waals surface area contributed by atoms with E-state index in [2.05, 4.69) is 28.9 Å². The lowest BCUT2D eigenvalue weighted by atomic mass is 9.90. The molecular weight excluding hydrogens is 442 g/mol. The van der Waals surface area contributed by atoms with E-state index < -0.39 is 11.9 Å². The Kier molecular flexibility index (Phi) is 7.56. The van der Waals surface area contributed by atoms with E-state index in [1.165, 1.54) is 11.6 Å². The molecule has 0 saturated heterocycles. The molecule has 1 aliphatic rings. The molecule has 35 heavy (non-hydrogen) atoms. The van der Waals surface area contributed by atoms with Crippen molar-refractivity contribution in [1.29, 1.82) is 0 Å². The number of carboxylic acids is 1. The Hall–Kier alpha value is -3.58. The van der Waals surface area contributed by atoms with Gasteiger partial charge in [0.05, 0.1) is 35.2 Å². The number of aromatic carboxylic acids is 1. The fraction of sp³-hybridized carbons (Fsp3) is 0.357. The number of benzene rings is 1. The largest absolute Gasteiger partial charge is 0.478 e. The van der Waals surface area contributed by atoms with Crippen LogP contribution in [0, 0.1) is 13.8 Å². The van der Waals surface area contributed by atoms with Gasteiger partial charge in [-0.1, -0.05) is 18.2 Å². The van der Waals surface area contributed by atoms with E-state index in [1.807, 2.05) is 25.4 Å². The molecule has 1 unspecified atom stereocenters. The van der Waals surface area contributed by atoms with Crippen molar-refractivity contribution in [2.45, 2.75) is 59.2 Å². The van der Waals surface area contributed by atoms with Gasteiger partial charge < -0.3 is 9.84 Å².